The summed E-state index contributed by atoms with van der Waals surface area (Å²) in [4.78, 5) is 18.9. The van der Waals surface area contributed by atoms with E-state index in [9.17, 15) is 4.79 Å². The van der Waals surface area contributed by atoms with Gasteiger partial charge >= 0.3 is 5.97 Å². The number of anilines is 1. The molecule has 15 heavy (non-hydrogen) atoms. The van der Waals surface area contributed by atoms with Gasteiger partial charge in [-0.15, -0.1) is 0 Å². The summed E-state index contributed by atoms with van der Waals surface area (Å²) >= 11 is 5.56. The summed E-state index contributed by atoms with van der Waals surface area (Å²) in [6, 6.07) is 0. The maximum absolute atomic E-state index is 11.1. The second-order valence-electron chi connectivity index (χ2n) is 2.65. The van der Waals surface area contributed by atoms with Gasteiger partial charge in [0.05, 0.1) is 26.0 Å². The number of carbonyl (C=O) groups excluding carboxylic acids is 1. The first-order chi connectivity index (χ1) is 7.13. The van der Waals surface area contributed by atoms with Crippen molar-refractivity contribution < 1.29 is 9.53 Å². The fourth-order valence-electron chi connectivity index (χ4n) is 0.841. The van der Waals surface area contributed by atoms with Gasteiger partial charge in [-0.2, -0.15) is 0 Å². The van der Waals surface area contributed by atoms with Gasteiger partial charge in [0.15, 0.2) is 5.69 Å². The number of carbonyl (C=O) groups is 1. The number of esters is 1. The van der Waals surface area contributed by atoms with Crippen molar-refractivity contribution in [2.45, 2.75) is 0 Å². The Morgan fingerprint density at radius 1 is 1.67 bits per heavy atom. The van der Waals surface area contributed by atoms with E-state index in [1.54, 1.807) is 0 Å². The van der Waals surface area contributed by atoms with Gasteiger partial charge in [-0.3, -0.25) is 4.98 Å². The zero-order chi connectivity index (χ0) is 11.3. The summed E-state index contributed by atoms with van der Waals surface area (Å²) in [7, 11) is 1.28. The predicted octanol–water partition coefficient (Wildman–Crippen LogP) is 1.43. The van der Waals surface area contributed by atoms with E-state index in [-0.39, 0.29) is 5.69 Å². The summed E-state index contributed by atoms with van der Waals surface area (Å²) in [5.41, 5.74) is 0.141. The van der Waals surface area contributed by atoms with E-state index in [1.807, 2.05) is 0 Å². The van der Waals surface area contributed by atoms with Crippen molar-refractivity contribution in [3.63, 3.8) is 0 Å². The summed E-state index contributed by atoms with van der Waals surface area (Å²) < 4.78 is 4.50. The molecule has 0 amide bonds. The van der Waals surface area contributed by atoms with Gasteiger partial charge in [-0.25, -0.2) is 9.78 Å². The molecule has 0 radical (unpaired) electrons. The topological polar surface area (TPSA) is 64.1 Å². The Bertz CT molecular complexity index is 381. The van der Waals surface area contributed by atoms with Crippen LogP contribution in [0.25, 0.3) is 0 Å². The van der Waals surface area contributed by atoms with Crippen LogP contribution in [0.1, 0.15) is 10.5 Å². The van der Waals surface area contributed by atoms with Crippen LogP contribution in [-0.4, -0.2) is 29.6 Å². The highest BCUT2D eigenvalue weighted by Crippen LogP contribution is 2.05. The fourth-order valence-corrected chi connectivity index (χ4v) is 0.907. The van der Waals surface area contributed by atoms with Crippen LogP contribution in [0.2, 0.25) is 0 Å². The molecule has 1 heterocycles. The minimum atomic E-state index is -0.532. The Morgan fingerprint density at radius 2 is 2.40 bits per heavy atom. The van der Waals surface area contributed by atoms with Crippen LogP contribution in [0.5, 0.6) is 0 Å². The second-order valence-corrected chi connectivity index (χ2v) is 3.19. The third kappa shape index (κ3) is 3.55. The molecule has 0 aliphatic carbocycles. The van der Waals surface area contributed by atoms with Gasteiger partial charge in [-0.05, 0) is 0 Å². The number of hydrogen-bond acceptors (Lipinski definition) is 5. The van der Waals surface area contributed by atoms with Crippen molar-refractivity contribution in [3.05, 3.63) is 29.7 Å². The van der Waals surface area contributed by atoms with E-state index in [2.05, 4.69) is 26.6 Å². The normalized spacial score (nSPS) is 9.47. The molecule has 1 rings (SSSR count). The third-order valence-corrected chi connectivity index (χ3v) is 1.62. The molecule has 0 bridgehead atoms. The van der Waals surface area contributed by atoms with Crippen molar-refractivity contribution in [2.75, 3.05) is 19.0 Å². The first-order valence-corrected chi connectivity index (χ1v) is 4.49. The lowest BCUT2D eigenvalue weighted by atomic mass is 10.4. The zero-order valence-corrected chi connectivity index (χ0v) is 8.91. The number of rotatable bonds is 4. The van der Waals surface area contributed by atoms with Gasteiger partial charge < -0.3 is 10.1 Å². The monoisotopic (exact) mass is 227 g/mol. The molecule has 0 saturated carbocycles. The standard InChI is InChI=1S/C9H10ClN3O2/c1-6(10)3-12-8-5-11-4-7(13-8)9(14)15-2/h4-5H,1,3H2,2H3,(H,12,13). The van der Waals surface area contributed by atoms with Crippen LogP contribution in [0.4, 0.5) is 5.82 Å². The minimum Gasteiger partial charge on any atom is -0.464 e. The van der Waals surface area contributed by atoms with Crippen molar-refractivity contribution in [1.29, 1.82) is 0 Å². The van der Waals surface area contributed by atoms with E-state index < -0.39 is 5.97 Å². The van der Waals surface area contributed by atoms with Crippen LogP contribution < -0.4 is 5.32 Å². The highest BCUT2D eigenvalue weighted by molar-refractivity contribution is 6.29. The molecule has 1 aromatic heterocycles. The maximum Gasteiger partial charge on any atom is 0.358 e. The molecule has 6 heteroatoms. The fraction of sp³-hybridized carbons (Fsp3) is 0.222. The minimum absolute atomic E-state index is 0.141. The van der Waals surface area contributed by atoms with Crippen molar-refractivity contribution in [2.24, 2.45) is 0 Å². The Morgan fingerprint density at radius 3 is 3.00 bits per heavy atom. The Kier molecular flexibility index (Phi) is 4.05. The molecule has 1 N–H and O–H groups in total. The van der Waals surface area contributed by atoms with Crippen LogP contribution in [0.15, 0.2) is 24.0 Å². The molecule has 0 fully saturated rings. The zero-order valence-electron chi connectivity index (χ0n) is 8.16. The summed E-state index contributed by atoms with van der Waals surface area (Å²) in [6.07, 6.45) is 2.80. The average Bonchev–Trinajstić information content (AvgIpc) is 2.25. The molecule has 80 valence electrons. The first kappa shape index (κ1) is 11.5. The first-order valence-electron chi connectivity index (χ1n) is 4.11. The van der Waals surface area contributed by atoms with E-state index in [0.717, 1.165) is 0 Å². The van der Waals surface area contributed by atoms with Crippen LogP contribution in [0, 0.1) is 0 Å². The molecule has 0 aliphatic rings. The summed E-state index contributed by atoms with van der Waals surface area (Å²) in [5.74, 6) is -0.0875. The van der Waals surface area contributed by atoms with E-state index in [0.29, 0.717) is 17.4 Å². The van der Waals surface area contributed by atoms with Gasteiger partial charge in [0.1, 0.15) is 5.82 Å². The lowest BCUT2D eigenvalue weighted by Gasteiger charge is -2.04. The van der Waals surface area contributed by atoms with E-state index in [1.165, 1.54) is 19.5 Å². The molecule has 0 saturated heterocycles. The van der Waals surface area contributed by atoms with Gasteiger partial charge in [0, 0.05) is 5.03 Å². The molecule has 0 unspecified atom stereocenters. The van der Waals surface area contributed by atoms with Crippen LogP contribution >= 0.6 is 11.6 Å². The van der Waals surface area contributed by atoms with Crippen molar-refractivity contribution in [1.82, 2.24) is 9.97 Å². The maximum atomic E-state index is 11.1. The van der Waals surface area contributed by atoms with Crippen molar-refractivity contribution in [3.8, 4) is 0 Å². The van der Waals surface area contributed by atoms with Crippen LogP contribution in [-0.2, 0) is 4.74 Å². The number of aromatic nitrogens is 2. The Balaban J connectivity index is 2.74. The molecule has 0 atom stereocenters. The summed E-state index contributed by atoms with van der Waals surface area (Å²) in [6.45, 7) is 3.87. The second kappa shape index (κ2) is 5.31. The smallest absolute Gasteiger partial charge is 0.358 e. The van der Waals surface area contributed by atoms with E-state index >= 15 is 0 Å². The lowest BCUT2D eigenvalue weighted by Crippen LogP contribution is -2.09. The number of nitrogens with zero attached hydrogens (tertiary/aromatic N) is 2. The number of halogens is 1. The average molecular weight is 228 g/mol. The molecule has 1 aromatic rings. The predicted molar refractivity (Wildman–Crippen MR) is 56.9 cm³/mol. The number of ether oxygens (including phenoxy) is 1. The Labute approximate surface area is 92.1 Å². The molecular formula is C9H10ClN3O2. The third-order valence-electron chi connectivity index (χ3n) is 1.49. The van der Waals surface area contributed by atoms with E-state index in [4.69, 9.17) is 11.6 Å². The number of hydrogen-bond donors (Lipinski definition) is 1. The highest BCUT2D eigenvalue weighted by atomic mass is 35.5. The van der Waals surface area contributed by atoms with Crippen LogP contribution in [0.3, 0.4) is 0 Å². The number of nitrogens with one attached hydrogen (secondary N) is 1. The Hall–Kier alpha value is -1.62. The molecule has 0 aliphatic heterocycles. The lowest BCUT2D eigenvalue weighted by molar-refractivity contribution is 0.0593. The van der Waals surface area contributed by atoms with Gasteiger partial charge in [-0.1, -0.05) is 18.2 Å². The largest absolute Gasteiger partial charge is 0.464 e. The molecule has 0 aromatic carbocycles. The van der Waals surface area contributed by atoms with Gasteiger partial charge in [0.2, 0.25) is 0 Å². The molecular weight excluding hydrogens is 218 g/mol. The molecule has 0 spiro atoms. The quantitative estimate of drug-likeness (QED) is 0.789. The highest BCUT2D eigenvalue weighted by Gasteiger charge is 2.07. The molecule has 5 nitrogen and oxygen atoms in total. The number of methoxy groups -OCH3 is 1. The SMILES string of the molecule is C=C(Cl)CNc1cncc(C(=O)OC)n1. The van der Waals surface area contributed by atoms with Gasteiger partial charge in [0.25, 0.3) is 0 Å². The summed E-state index contributed by atoms with van der Waals surface area (Å²) in [5, 5.41) is 3.30. The van der Waals surface area contributed by atoms with Crippen molar-refractivity contribution >= 4 is 23.4 Å².